The monoisotopic (exact) mass is 288 g/mol. The lowest BCUT2D eigenvalue weighted by Gasteiger charge is -2.19. The Morgan fingerprint density at radius 3 is 3.13 bits per heavy atom. The van der Waals surface area contributed by atoms with Gasteiger partial charge in [0.05, 0.1) is 0 Å². The topological polar surface area (TPSA) is 15.3 Å². The molecule has 0 aromatic carbocycles. The van der Waals surface area contributed by atoms with Gasteiger partial charge in [0.1, 0.15) is 0 Å². The Morgan fingerprint density at radius 2 is 2.53 bits per heavy atom. The van der Waals surface area contributed by atoms with Gasteiger partial charge in [0.15, 0.2) is 0 Å². The van der Waals surface area contributed by atoms with Crippen LogP contribution < -0.4 is 5.32 Å². The molecule has 0 spiro atoms. The molecule has 1 aromatic rings. The molecule has 1 unspecified atom stereocenters. The minimum absolute atomic E-state index is 0.740. The van der Waals surface area contributed by atoms with Crippen LogP contribution in [0.2, 0.25) is 0 Å². The van der Waals surface area contributed by atoms with Crippen LogP contribution in [0.1, 0.15) is 17.7 Å². The summed E-state index contributed by atoms with van der Waals surface area (Å²) in [6, 6.07) is 2.85. The van der Waals surface area contributed by atoms with E-state index in [9.17, 15) is 0 Å². The van der Waals surface area contributed by atoms with E-state index in [2.05, 4.69) is 44.6 Å². The van der Waals surface area contributed by atoms with E-state index in [0.717, 1.165) is 19.1 Å². The van der Waals surface area contributed by atoms with Crippen molar-refractivity contribution in [3.63, 3.8) is 0 Å². The molecule has 4 heteroatoms. The highest BCUT2D eigenvalue weighted by Crippen LogP contribution is 2.22. The van der Waals surface area contributed by atoms with Gasteiger partial charge in [-0.15, -0.1) is 11.3 Å². The summed E-state index contributed by atoms with van der Waals surface area (Å²) in [5.41, 5.74) is 0. The molecular formula is C11H17BrN2S. The van der Waals surface area contributed by atoms with Gasteiger partial charge in [0.2, 0.25) is 0 Å². The van der Waals surface area contributed by atoms with Crippen molar-refractivity contribution < 1.29 is 0 Å². The first-order valence-electron chi connectivity index (χ1n) is 5.40. The average Bonchev–Trinajstić information content (AvgIpc) is 2.78. The van der Waals surface area contributed by atoms with Gasteiger partial charge in [-0.2, -0.15) is 0 Å². The van der Waals surface area contributed by atoms with Crippen LogP contribution in [0.3, 0.4) is 0 Å². The fraction of sp³-hybridized carbons (Fsp3) is 0.636. The molecule has 1 aliphatic rings. The van der Waals surface area contributed by atoms with E-state index < -0.39 is 0 Å². The van der Waals surface area contributed by atoms with Crippen LogP contribution >= 0.6 is 27.3 Å². The van der Waals surface area contributed by atoms with Crippen LogP contribution in [-0.2, 0) is 6.54 Å². The second kappa shape index (κ2) is 5.43. The number of thiophene rings is 1. The number of nitrogens with zero attached hydrogens (tertiary/aromatic N) is 1. The highest BCUT2D eigenvalue weighted by Gasteiger charge is 2.19. The maximum Gasteiger partial charge on any atom is 0.0327 e. The van der Waals surface area contributed by atoms with Crippen molar-refractivity contribution in [3.8, 4) is 0 Å². The molecule has 1 atom stereocenters. The molecule has 1 saturated heterocycles. The van der Waals surface area contributed by atoms with E-state index in [1.54, 1.807) is 0 Å². The van der Waals surface area contributed by atoms with Crippen molar-refractivity contribution in [2.24, 2.45) is 0 Å². The van der Waals surface area contributed by atoms with Crippen LogP contribution in [0.25, 0.3) is 0 Å². The lowest BCUT2D eigenvalue weighted by Crippen LogP contribution is -2.35. The molecule has 0 saturated carbocycles. The van der Waals surface area contributed by atoms with E-state index in [4.69, 9.17) is 0 Å². The van der Waals surface area contributed by atoms with Gasteiger partial charge in [-0.05, 0) is 53.8 Å². The molecule has 1 aromatic heterocycles. The van der Waals surface area contributed by atoms with E-state index in [0.29, 0.717) is 0 Å². The van der Waals surface area contributed by atoms with E-state index in [1.165, 1.54) is 28.7 Å². The van der Waals surface area contributed by atoms with Crippen LogP contribution in [-0.4, -0.2) is 31.1 Å². The van der Waals surface area contributed by atoms with Crippen LogP contribution in [0.15, 0.2) is 15.9 Å². The van der Waals surface area contributed by atoms with E-state index >= 15 is 0 Å². The molecule has 0 bridgehead atoms. The molecule has 0 amide bonds. The van der Waals surface area contributed by atoms with E-state index in [1.807, 2.05) is 11.3 Å². The average molecular weight is 289 g/mol. The summed E-state index contributed by atoms with van der Waals surface area (Å²) in [5, 5.41) is 5.67. The summed E-state index contributed by atoms with van der Waals surface area (Å²) in [4.78, 5) is 3.85. The minimum Gasteiger partial charge on any atom is -0.310 e. The Kier molecular flexibility index (Phi) is 4.20. The smallest absolute Gasteiger partial charge is 0.0327 e. The summed E-state index contributed by atoms with van der Waals surface area (Å²) in [6.45, 7) is 3.36. The third-order valence-corrected chi connectivity index (χ3v) is 4.95. The lowest BCUT2D eigenvalue weighted by molar-refractivity contribution is 0.300. The zero-order chi connectivity index (χ0) is 10.7. The highest BCUT2D eigenvalue weighted by molar-refractivity contribution is 9.10. The zero-order valence-electron chi connectivity index (χ0n) is 9.00. The van der Waals surface area contributed by atoms with Gasteiger partial charge >= 0.3 is 0 Å². The molecule has 0 radical (unpaired) electrons. The second-order valence-electron chi connectivity index (χ2n) is 4.10. The van der Waals surface area contributed by atoms with Gasteiger partial charge in [-0.1, -0.05) is 0 Å². The normalized spacial score (nSPS) is 22.4. The molecule has 1 fully saturated rings. The van der Waals surface area contributed by atoms with Crippen molar-refractivity contribution in [1.29, 1.82) is 0 Å². The first-order valence-corrected chi connectivity index (χ1v) is 7.07. The van der Waals surface area contributed by atoms with Crippen molar-refractivity contribution in [3.05, 3.63) is 20.8 Å². The summed E-state index contributed by atoms with van der Waals surface area (Å²) in [5.74, 6) is 0. The summed E-state index contributed by atoms with van der Waals surface area (Å²) in [6.07, 6.45) is 2.70. The molecule has 1 aliphatic heterocycles. The number of likely N-dealkylation sites (tertiary alicyclic amines) is 1. The second-order valence-corrected chi connectivity index (χ2v) is 5.95. The summed E-state index contributed by atoms with van der Waals surface area (Å²) < 4.78 is 1.24. The quantitative estimate of drug-likeness (QED) is 0.917. The number of nitrogens with one attached hydrogen (secondary N) is 1. The molecule has 1 N–H and O–H groups in total. The lowest BCUT2D eigenvalue weighted by atomic mass is 10.2. The van der Waals surface area contributed by atoms with E-state index in [-0.39, 0.29) is 0 Å². The SMILES string of the molecule is CN1CCCC1CNCc1sccc1Br. The van der Waals surface area contributed by atoms with Crippen molar-refractivity contribution in [1.82, 2.24) is 10.2 Å². The highest BCUT2D eigenvalue weighted by atomic mass is 79.9. The van der Waals surface area contributed by atoms with Gasteiger partial charge in [0.25, 0.3) is 0 Å². The summed E-state index contributed by atoms with van der Waals surface area (Å²) in [7, 11) is 2.22. The Labute approximate surface area is 104 Å². The fourth-order valence-corrected chi connectivity index (χ4v) is 3.50. The number of hydrogen-bond donors (Lipinski definition) is 1. The number of halogens is 1. The Hall–Kier alpha value is 0.100. The van der Waals surface area contributed by atoms with Crippen LogP contribution in [0.4, 0.5) is 0 Å². The molecule has 84 valence electrons. The predicted molar refractivity (Wildman–Crippen MR) is 69.4 cm³/mol. The standard InChI is InChI=1S/C11H17BrN2S/c1-14-5-2-3-9(14)7-13-8-11-10(12)4-6-15-11/h4,6,9,13H,2-3,5,7-8H2,1H3. The molecule has 15 heavy (non-hydrogen) atoms. The van der Waals surface area contributed by atoms with Gasteiger partial charge in [0, 0.05) is 28.5 Å². The van der Waals surface area contributed by atoms with Crippen molar-refractivity contribution in [2.75, 3.05) is 20.1 Å². The molecule has 2 nitrogen and oxygen atoms in total. The minimum atomic E-state index is 0.740. The third-order valence-electron chi connectivity index (χ3n) is 3.03. The number of rotatable bonds is 4. The van der Waals surface area contributed by atoms with Gasteiger partial charge in [-0.25, -0.2) is 0 Å². The fourth-order valence-electron chi connectivity index (χ4n) is 2.04. The Bertz CT molecular complexity index is 313. The number of likely N-dealkylation sites (N-methyl/N-ethyl adjacent to an activating group) is 1. The molecule has 0 aliphatic carbocycles. The van der Waals surface area contributed by atoms with Gasteiger partial charge in [-0.3, -0.25) is 0 Å². The molecular weight excluding hydrogens is 272 g/mol. The van der Waals surface area contributed by atoms with Crippen molar-refractivity contribution in [2.45, 2.75) is 25.4 Å². The molecule has 2 rings (SSSR count). The third kappa shape index (κ3) is 3.03. The maximum atomic E-state index is 3.55. The summed E-state index contributed by atoms with van der Waals surface area (Å²) >= 11 is 5.36. The predicted octanol–water partition coefficient (Wildman–Crippen LogP) is 2.69. The first-order chi connectivity index (χ1) is 7.27. The number of hydrogen-bond acceptors (Lipinski definition) is 3. The molecule has 2 heterocycles. The first kappa shape index (κ1) is 11.6. The zero-order valence-corrected chi connectivity index (χ0v) is 11.4. The Morgan fingerprint density at radius 1 is 1.67 bits per heavy atom. The Balaban J connectivity index is 1.73. The largest absolute Gasteiger partial charge is 0.310 e. The van der Waals surface area contributed by atoms with Crippen molar-refractivity contribution >= 4 is 27.3 Å². The maximum absolute atomic E-state index is 3.55. The van der Waals surface area contributed by atoms with Gasteiger partial charge < -0.3 is 10.2 Å². The van der Waals surface area contributed by atoms with Crippen LogP contribution in [0, 0.1) is 0 Å². The van der Waals surface area contributed by atoms with Crippen LogP contribution in [0.5, 0.6) is 0 Å².